The summed E-state index contributed by atoms with van der Waals surface area (Å²) in [7, 11) is 3.80. The minimum Gasteiger partial charge on any atom is -0.368 e. The molecule has 21 heavy (non-hydrogen) atoms. The zero-order chi connectivity index (χ0) is 13.9. The Morgan fingerprint density at radius 3 is 2.48 bits per heavy atom. The van der Waals surface area contributed by atoms with Gasteiger partial charge >= 0.3 is 0 Å². The molecule has 0 spiro atoms. The summed E-state index contributed by atoms with van der Waals surface area (Å²) in [6.45, 7) is 4.97. The fourth-order valence-electron chi connectivity index (χ4n) is 3.09. The summed E-state index contributed by atoms with van der Waals surface area (Å²) in [5, 5.41) is 6.49. The summed E-state index contributed by atoms with van der Waals surface area (Å²) >= 11 is 0. The monoisotopic (exact) mass is 341 g/mol. The normalized spacial score (nSPS) is 28.9. The Labute approximate surface area is 140 Å². The van der Waals surface area contributed by atoms with Gasteiger partial charge in [0.05, 0.1) is 0 Å². The second kappa shape index (κ2) is 9.16. The van der Waals surface area contributed by atoms with Crippen LogP contribution in [0.1, 0.15) is 32.6 Å². The van der Waals surface area contributed by atoms with E-state index < -0.39 is 5.60 Å². The molecule has 126 valence electrons. The third-order valence-corrected chi connectivity index (χ3v) is 4.76. The van der Waals surface area contributed by atoms with Gasteiger partial charge in [0.2, 0.25) is 0 Å². The van der Waals surface area contributed by atoms with E-state index in [1.54, 1.807) is 7.11 Å². The first-order chi connectivity index (χ1) is 9.07. The lowest BCUT2D eigenvalue weighted by molar-refractivity contribution is -0.147. The fourth-order valence-corrected chi connectivity index (χ4v) is 3.09. The Kier molecular flexibility index (Phi) is 9.12. The van der Waals surface area contributed by atoms with Crippen molar-refractivity contribution in [2.24, 2.45) is 0 Å². The molecule has 2 heterocycles. The Hall–Kier alpha value is -0.0700. The van der Waals surface area contributed by atoms with E-state index in [4.69, 9.17) is 4.74 Å². The number of likely N-dealkylation sites (tertiary alicyclic amines) is 1. The van der Waals surface area contributed by atoms with Crippen molar-refractivity contribution in [3.05, 3.63) is 0 Å². The number of amides is 1. The molecule has 7 heteroatoms. The quantitative estimate of drug-likeness (QED) is 0.809. The number of hydrogen-bond acceptors (Lipinski definition) is 4. The summed E-state index contributed by atoms with van der Waals surface area (Å²) in [5.74, 6) is 0.0817. The molecule has 0 aromatic rings. The predicted octanol–water partition coefficient (Wildman–Crippen LogP) is 1.20. The molecule has 2 atom stereocenters. The summed E-state index contributed by atoms with van der Waals surface area (Å²) in [6.07, 6.45) is 3.58. The van der Waals surface area contributed by atoms with Crippen molar-refractivity contribution >= 4 is 30.7 Å². The molecular weight excluding hydrogens is 313 g/mol. The SMILES string of the molecule is COC1(C(=O)NC2CCN(C)C(C)C2)CCNCC1.Cl.Cl. The van der Waals surface area contributed by atoms with Gasteiger partial charge in [-0.2, -0.15) is 0 Å². The van der Waals surface area contributed by atoms with Crippen molar-refractivity contribution in [3.63, 3.8) is 0 Å². The number of carbonyl (C=O) groups is 1. The molecule has 0 aromatic carbocycles. The molecule has 2 N–H and O–H groups in total. The average molecular weight is 342 g/mol. The van der Waals surface area contributed by atoms with Gasteiger partial charge in [-0.15, -0.1) is 24.8 Å². The van der Waals surface area contributed by atoms with E-state index in [0.29, 0.717) is 12.1 Å². The Morgan fingerprint density at radius 2 is 1.95 bits per heavy atom. The molecule has 0 aliphatic carbocycles. The van der Waals surface area contributed by atoms with Crippen LogP contribution in [0.2, 0.25) is 0 Å². The lowest BCUT2D eigenvalue weighted by Gasteiger charge is -2.39. The van der Waals surface area contributed by atoms with Crippen LogP contribution in [0, 0.1) is 0 Å². The molecule has 2 aliphatic heterocycles. The minimum absolute atomic E-state index is 0. The van der Waals surface area contributed by atoms with Gasteiger partial charge in [-0.25, -0.2) is 0 Å². The highest BCUT2D eigenvalue weighted by atomic mass is 35.5. The Bertz CT molecular complexity index is 325. The van der Waals surface area contributed by atoms with E-state index in [1.807, 2.05) is 0 Å². The summed E-state index contributed by atoms with van der Waals surface area (Å²) in [6, 6.07) is 0.825. The fraction of sp³-hybridized carbons (Fsp3) is 0.929. The van der Waals surface area contributed by atoms with Gasteiger partial charge < -0.3 is 20.3 Å². The zero-order valence-corrected chi connectivity index (χ0v) is 14.8. The van der Waals surface area contributed by atoms with Crippen molar-refractivity contribution in [1.82, 2.24) is 15.5 Å². The van der Waals surface area contributed by atoms with Gasteiger partial charge in [-0.1, -0.05) is 0 Å². The number of piperidine rings is 2. The van der Waals surface area contributed by atoms with Crippen LogP contribution in [0.25, 0.3) is 0 Å². The number of hydrogen-bond donors (Lipinski definition) is 2. The van der Waals surface area contributed by atoms with Gasteiger partial charge in [0.1, 0.15) is 5.60 Å². The van der Waals surface area contributed by atoms with Crippen LogP contribution < -0.4 is 10.6 Å². The summed E-state index contributed by atoms with van der Waals surface area (Å²) < 4.78 is 5.57. The molecule has 0 saturated carbocycles. The maximum Gasteiger partial charge on any atom is 0.252 e. The first-order valence-corrected chi connectivity index (χ1v) is 7.34. The molecule has 2 fully saturated rings. The number of ether oxygens (including phenoxy) is 1. The zero-order valence-electron chi connectivity index (χ0n) is 13.2. The number of methoxy groups -OCH3 is 1. The van der Waals surface area contributed by atoms with E-state index in [-0.39, 0.29) is 30.7 Å². The van der Waals surface area contributed by atoms with Crippen molar-refractivity contribution in [2.45, 2.75) is 50.3 Å². The maximum absolute atomic E-state index is 12.5. The Balaban J connectivity index is 0.00000200. The van der Waals surface area contributed by atoms with Gasteiger partial charge in [0.15, 0.2) is 0 Å². The van der Waals surface area contributed by atoms with Crippen LogP contribution in [0.3, 0.4) is 0 Å². The predicted molar refractivity (Wildman–Crippen MR) is 89.6 cm³/mol. The van der Waals surface area contributed by atoms with Crippen LogP contribution in [0.4, 0.5) is 0 Å². The molecule has 0 aromatic heterocycles. The van der Waals surface area contributed by atoms with Gasteiger partial charge in [0.25, 0.3) is 5.91 Å². The maximum atomic E-state index is 12.5. The van der Waals surface area contributed by atoms with E-state index in [2.05, 4.69) is 29.5 Å². The molecule has 2 saturated heterocycles. The van der Waals surface area contributed by atoms with Crippen molar-refractivity contribution in [3.8, 4) is 0 Å². The van der Waals surface area contributed by atoms with E-state index in [9.17, 15) is 4.79 Å². The highest BCUT2D eigenvalue weighted by Gasteiger charge is 2.40. The molecule has 2 unspecified atom stereocenters. The van der Waals surface area contributed by atoms with E-state index in [1.165, 1.54) is 0 Å². The third kappa shape index (κ3) is 4.96. The van der Waals surface area contributed by atoms with E-state index in [0.717, 1.165) is 45.3 Å². The first-order valence-electron chi connectivity index (χ1n) is 7.34. The highest BCUT2D eigenvalue weighted by Crippen LogP contribution is 2.24. The smallest absolute Gasteiger partial charge is 0.252 e. The number of nitrogens with zero attached hydrogens (tertiary/aromatic N) is 1. The van der Waals surface area contributed by atoms with Crippen molar-refractivity contribution in [2.75, 3.05) is 33.8 Å². The largest absolute Gasteiger partial charge is 0.368 e. The highest BCUT2D eigenvalue weighted by molar-refractivity contribution is 5.86. The third-order valence-electron chi connectivity index (χ3n) is 4.76. The van der Waals surface area contributed by atoms with Crippen LogP contribution in [-0.2, 0) is 9.53 Å². The van der Waals surface area contributed by atoms with Crippen LogP contribution in [0.5, 0.6) is 0 Å². The van der Waals surface area contributed by atoms with Crippen LogP contribution in [0.15, 0.2) is 0 Å². The van der Waals surface area contributed by atoms with Crippen LogP contribution in [-0.4, -0.2) is 62.3 Å². The van der Waals surface area contributed by atoms with Crippen molar-refractivity contribution in [1.29, 1.82) is 0 Å². The Morgan fingerprint density at radius 1 is 1.33 bits per heavy atom. The second-order valence-electron chi connectivity index (χ2n) is 5.97. The second-order valence-corrected chi connectivity index (χ2v) is 5.97. The standard InChI is InChI=1S/C14H27N3O2.2ClH/c1-11-10-12(4-9-17(11)2)16-13(18)14(19-3)5-7-15-8-6-14;;/h11-12,15H,4-10H2,1-3H3,(H,16,18);2*1H. The lowest BCUT2D eigenvalue weighted by Crippen LogP contribution is -2.57. The lowest BCUT2D eigenvalue weighted by atomic mass is 9.89. The number of rotatable bonds is 3. The molecule has 0 bridgehead atoms. The summed E-state index contributed by atoms with van der Waals surface area (Å²) in [4.78, 5) is 14.9. The number of nitrogens with one attached hydrogen (secondary N) is 2. The van der Waals surface area contributed by atoms with E-state index >= 15 is 0 Å². The van der Waals surface area contributed by atoms with Crippen LogP contribution >= 0.6 is 24.8 Å². The number of carbonyl (C=O) groups excluding carboxylic acids is 1. The van der Waals surface area contributed by atoms with Gasteiger partial charge in [-0.3, -0.25) is 4.79 Å². The molecule has 2 rings (SSSR count). The molecule has 5 nitrogen and oxygen atoms in total. The topological polar surface area (TPSA) is 53.6 Å². The van der Waals surface area contributed by atoms with Gasteiger partial charge in [-0.05, 0) is 52.7 Å². The number of halogens is 2. The first kappa shape index (κ1) is 20.9. The summed E-state index contributed by atoms with van der Waals surface area (Å²) in [5.41, 5.74) is -0.613. The molecule has 2 aliphatic rings. The minimum atomic E-state index is -0.613. The van der Waals surface area contributed by atoms with Gasteiger partial charge in [0, 0.05) is 25.7 Å². The average Bonchev–Trinajstić information content (AvgIpc) is 2.43. The molecular formula is C14H29Cl2N3O2. The molecule has 1 amide bonds. The molecule has 0 radical (unpaired) electrons. The van der Waals surface area contributed by atoms with Crippen molar-refractivity contribution < 1.29 is 9.53 Å².